The van der Waals surface area contributed by atoms with Gasteiger partial charge < -0.3 is 20.2 Å². The number of sulfonamides is 1. The number of alkyl halides is 2. The number of carbonyl (C=O) groups excluding carboxylic acids is 1. The van der Waals surface area contributed by atoms with Crippen molar-refractivity contribution in [2.24, 2.45) is 0 Å². The highest BCUT2D eigenvalue weighted by Crippen LogP contribution is 2.32. The first kappa shape index (κ1) is 29.1. The summed E-state index contributed by atoms with van der Waals surface area (Å²) in [5.41, 5.74) is 1.36. The van der Waals surface area contributed by atoms with Gasteiger partial charge in [0.15, 0.2) is 0 Å². The first-order valence-corrected chi connectivity index (χ1v) is 18.0. The van der Waals surface area contributed by atoms with Gasteiger partial charge in [-0.1, -0.05) is 13.1 Å². The molecule has 4 rings (SSSR count). The Hall–Kier alpha value is -2.91. The molecular formula is C24H35F2N7O4SSi. The average molecular weight is 584 g/mol. The van der Waals surface area contributed by atoms with Crippen molar-refractivity contribution in [2.75, 3.05) is 58.4 Å². The number of hydrogen-bond acceptors (Lipinski definition) is 9. The van der Waals surface area contributed by atoms with E-state index in [9.17, 15) is 22.0 Å². The maximum atomic E-state index is 13.6. The van der Waals surface area contributed by atoms with Crippen LogP contribution in [0, 0.1) is 6.92 Å². The summed E-state index contributed by atoms with van der Waals surface area (Å²) in [4.78, 5) is 30.1. The smallest absolute Gasteiger partial charge is 0.260 e. The Balaban J connectivity index is 1.60. The fourth-order valence-electron chi connectivity index (χ4n) is 4.60. The van der Waals surface area contributed by atoms with Gasteiger partial charge in [-0.3, -0.25) is 9.52 Å². The number of amides is 1. The summed E-state index contributed by atoms with van der Waals surface area (Å²) in [5.74, 6) is -3.11. The van der Waals surface area contributed by atoms with Crippen molar-refractivity contribution in [1.82, 2.24) is 15.0 Å². The number of nitrogens with one attached hydrogen (secondary N) is 2. The van der Waals surface area contributed by atoms with Gasteiger partial charge in [-0.05, 0) is 19.0 Å². The van der Waals surface area contributed by atoms with E-state index in [1.54, 1.807) is 17.9 Å². The minimum absolute atomic E-state index is 0.0548. The highest BCUT2D eigenvalue weighted by Gasteiger charge is 2.35. The minimum atomic E-state index is -3.80. The standard InChI is InChI=1S/C24H35F2N7O4SSi/c1-17-14-21(30-23(28-17)33-6-4-24(25,26)5-7-33)29-22(35)18-16-27-20(31-38(36,37)11-10-34)15-19(18)32-8-12-39(2,3)13-9-32/h14-16,34H,4-13H2,1-3H3,(H,27,31)(H,28,29,30,35). The number of aromatic nitrogens is 3. The van der Waals surface area contributed by atoms with Crippen molar-refractivity contribution in [3.63, 3.8) is 0 Å². The normalized spacial score (nSPS) is 19.0. The lowest BCUT2D eigenvalue weighted by molar-refractivity contribution is -0.0222. The summed E-state index contributed by atoms with van der Waals surface area (Å²) in [6, 6.07) is 5.17. The molecule has 2 aliphatic heterocycles. The number of hydrogen-bond donors (Lipinski definition) is 3. The van der Waals surface area contributed by atoms with Gasteiger partial charge in [0, 0.05) is 63.0 Å². The molecule has 3 N–H and O–H groups in total. The maximum Gasteiger partial charge on any atom is 0.260 e. The molecule has 2 aromatic heterocycles. The van der Waals surface area contributed by atoms with Crippen molar-refractivity contribution in [2.45, 2.75) is 50.9 Å². The van der Waals surface area contributed by atoms with E-state index in [4.69, 9.17) is 5.11 Å². The molecule has 2 aliphatic rings. The molecule has 0 aliphatic carbocycles. The maximum absolute atomic E-state index is 13.6. The van der Waals surface area contributed by atoms with Gasteiger partial charge >= 0.3 is 0 Å². The fraction of sp³-hybridized carbons (Fsp3) is 0.583. The van der Waals surface area contributed by atoms with Gasteiger partial charge in [0.2, 0.25) is 16.0 Å². The minimum Gasteiger partial charge on any atom is -0.395 e. The van der Waals surface area contributed by atoms with Crippen LogP contribution < -0.4 is 19.8 Å². The molecule has 2 saturated heterocycles. The van der Waals surface area contributed by atoms with Crippen molar-refractivity contribution in [1.29, 1.82) is 0 Å². The predicted molar refractivity (Wildman–Crippen MR) is 149 cm³/mol. The largest absolute Gasteiger partial charge is 0.395 e. The van der Waals surface area contributed by atoms with Crippen LogP contribution >= 0.6 is 0 Å². The molecular weight excluding hydrogens is 548 g/mol. The molecule has 0 radical (unpaired) electrons. The molecule has 2 aromatic rings. The zero-order chi connectivity index (χ0) is 28.4. The Bertz CT molecular complexity index is 1310. The van der Waals surface area contributed by atoms with Crippen LogP contribution in [-0.4, -0.2) is 86.9 Å². The molecule has 2 fully saturated rings. The Labute approximate surface area is 228 Å². The van der Waals surface area contributed by atoms with E-state index in [0.29, 0.717) is 11.4 Å². The van der Waals surface area contributed by atoms with E-state index in [2.05, 4.69) is 43.0 Å². The van der Waals surface area contributed by atoms with E-state index in [1.165, 1.54) is 12.3 Å². The van der Waals surface area contributed by atoms with Crippen LogP contribution in [-0.2, 0) is 10.0 Å². The third-order valence-corrected chi connectivity index (χ3v) is 11.5. The first-order chi connectivity index (χ1) is 18.3. The van der Waals surface area contributed by atoms with Crippen molar-refractivity contribution >= 4 is 47.3 Å². The summed E-state index contributed by atoms with van der Waals surface area (Å²) < 4.78 is 54.0. The molecule has 0 bridgehead atoms. The number of nitrogens with zero attached hydrogens (tertiary/aromatic N) is 5. The summed E-state index contributed by atoms with van der Waals surface area (Å²) in [6.07, 6.45) is 0.746. The molecule has 0 spiro atoms. The summed E-state index contributed by atoms with van der Waals surface area (Å²) in [7, 11) is -5.14. The molecule has 0 atom stereocenters. The molecule has 1 amide bonds. The van der Waals surface area contributed by atoms with Crippen LogP contribution in [0.3, 0.4) is 0 Å². The number of aliphatic hydroxyl groups excluding tert-OH is 1. The average Bonchev–Trinajstić information content (AvgIpc) is 2.83. The van der Waals surface area contributed by atoms with Crippen LogP contribution in [0.25, 0.3) is 0 Å². The molecule has 39 heavy (non-hydrogen) atoms. The van der Waals surface area contributed by atoms with E-state index in [-0.39, 0.29) is 49.1 Å². The number of aryl methyl sites for hydroxylation is 1. The Kier molecular flexibility index (Phi) is 8.42. The van der Waals surface area contributed by atoms with Crippen molar-refractivity contribution in [3.8, 4) is 0 Å². The monoisotopic (exact) mass is 583 g/mol. The van der Waals surface area contributed by atoms with Crippen LogP contribution in [0.1, 0.15) is 28.9 Å². The zero-order valence-corrected chi connectivity index (χ0v) is 24.2. The molecule has 11 nitrogen and oxygen atoms in total. The van der Waals surface area contributed by atoms with Gasteiger partial charge in [0.25, 0.3) is 11.8 Å². The SMILES string of the molecule is Cc1cc(NC(=O)c2cnc(NS(=O)(=O)CCO)cc2N2CC[Si](C)(C)CC2)nc(N2CCC(F)(F)CC2)n1. The second-order valence-corrected chi connectivity index (χ2v) is 18.0. The summed E-state index contributed by atoms with van der Waals surface area (Å²) >= 11 is 0. The van der Waals surface area contributed by atoms with E-state index in [0.717, 1.165) is 25.2 Å². The second-order valence-electron chi connectivity index (χ2n) is 10.9. The lowest BCUT2D eigenvalue weighted by Crippen LogP contribution is -2.43. The van der Waals surface area contributed by atoms with Gasteiger partial charge in [-0.25, -0.2) is 27.2 Å². The first-order valence-electron chi connectivity index (χ1n) is 12.9. The van der Waals surface area contributed by atoms with Gasteiger partial charge in [0.05, 0.1) is 31.7 Å². The number of anilines is 4. The third kappa shape index (κ3) is 7.60. The Morgan fingerprint density at radius 1 is 1.08 bits per heavy atom. The fourth-order valence-corrected chi connectivity index (χ4v) is 7.37. The van der Waals surface area contributed by atoms with Gasteiger partial charge in [-0.2, -0.15) is 4.98 Å². The van der Waals surface area contributed by atoms with Crippen LogP contribution in [0.4, 0.5) is 32.1 Å². The molecule has 15 heteroatoms. The van der Waals surface area contributed by atoms with E-state index in [1.807, 2.05) is 0 Å². The molecule has 0 unspecified atom stereocenters. The quantitative estimate of drug-likeness (QED) is 0.400. The van der Waals surface area contributed by atoms with E-state index >= 15 is 0 Å². The molecule has 214 valence electrons. The lowest BCUT2D eigenvalue weighted by atomic mass is 10.1. The lowest BCUT2D eigenvalue weighted by Gasteiger charge is -2.37. The van der Waals surface area contributed by atoms with Crippen LogP contribution in [0.2, 0.25) is 25.2 Å². The number of carbonyl (C=O) groups is 1. The molecule has 4 heterocycles. The zero-order valence-electron chi connectivity index (χ0n) is 22.4. The van der Waals surface area contributed by atoms with Gasteiger partial charge in [0.1, 0.15) is 11.6 Å². The second kappa shape index (κ2) is 11.3. The topological polar surface area (TPSA) is 141 Å². The van der Waals surface area contributed by atoms with Crippen molar-refractivity contribution in [3.05, 3.63) is 29.6 Å². The van der Waals surface area contributed by atoms with E-state index < -0.39 is 42.3 Å². The number of pyridine rings is 1. The van der Waals surface area contributed by atoms with Gasteiger partial charge in [-0.15, -0.1) is 0 Å². The molecule has 0 aromatic carbocycles. The van der Waals surface area contributed by atoms with Crippen LogP contribution in [0.5, 0.6) is 0 Å². The van der Waals surface area contributed by atoms with Crippen molar-refractivity contribution < 1.29 is 27.1 Å². The summed E-state index contributed by atoms with van der Waals surface area (Å²) in [5, 5.41) is 11.8. The highest BCUT2D eigenvalue weighted by atomic mass is 32.2. The number of piperidine rings is 1. The number of aliphatic hydroxyl groups is 1. The number of halogens is 2. The third-order valence-electron chi connectivity index (χ3n) is 7.07. The highest BCUT2D eigenvalue weighted by molar-refractivity contribution is 7.92. The van der Waals surface area contributed by atoms with Crippen LogP contribution in [0.15, 0.2) is 18.3 Å². The predicted octanol–water partition coefficient (Wildman–Crippen LogP) is 2.93. The number of rotatable bonds is 8. The summed E-state index contributed by atoms with van der Waals surface area (Å²) in [6.45, 7) is 7.51. The Morgan fingerprint density at radius 2 is 1.74 bits per heavy atom. The Morgan fingerprint density at radius 3 is 2.38 bits per heavy atom. The molecule has 0 saturated carbocycles.